The maximum atomic E-state index is 14.7. The van der Waals surface area contributed by atoms with Crippen LogP contribution < -0.4 is 32.7 Å². The van der Waals surface area contributed by atoms with Crippen molar-refractivity contribution in [3.8, 4) is 0 Å². The highest BCUT2D eigenvalue weighted by Crippen LogP contribution is 2.31. The molecule has 3 aliphatic rings. The van der Waals surface area contributed by atoms with Crippen LogP contribution >= 0.6 is 0 Å². The van der Waals surface area contributed by atoms with E-state index < -0.39 is 77.5 Å². The number of rotatable bonds is 18. The smallest absolute Gasteiger partial charge is 0.408 e. The Morgan fingerprint density at radius 2 is 1.49 bits per heavy atom. The highest BCUT2D eigenvalue weighted by atomic mass is 16.6. The first-order chi connectivity index (χ1) is 34.4. The van der Waals surface area contributed by atoms with Crippen molar-refractivity contribution >= 4 is 58.5 Å². The quantitative estimate of drug-likeness (QED) is 0.0709. The number of nitrogens with one attached hydrogen (secondary N) is 4. The standard InChI is InChI=1S/C53H67N9O10/c1-53(2,3)72-51(70)56-38-32-60(45(65)20-14-6-5-9-15-33-21-24-39-42(31-33)62(52(71)59(39)4)41-26-28-44(64)57-49(41)68)30-29-36-22-25-40(61(36)50(38)69)48(67)55-37(23-27-43(54)63)47(66)58-46(34-16-10-7-11-17-34)35-18-12-8-13-19-35/h7-8,10-13,16-19,21,24,31,36-38,40-41,46H,5-6,9,14-15,20,22-23,25-30,32H2,1-4H3,(H2,54,63)(H,55,67)(H,56,70)(H,58,66)(H,57,64,68)/t36-,37+,38+,40+,41?/m1/s1. The number of amides is 8. The number of carbonyl (C=O) groups excluding carboxylic acids is 8. The molecular formula is C53H67N9O10. The number of alkyl carbamates (subject to hydrolysis) is 1. The van der Waals surface area contributed by atoms with Crippen LogP contribution in [0.5, 0.6) is 0 Å². The molecule has 3 aromatic carbocycles. The molecule has 3 aliphatic heterocycles. The van der Waals surface area contributed by atoms with Gasteiger partial charge in [-0.05, 0) is 101 Å². The van der Waals surface area contributed by atoms with E-state index in [2.05, 4.69) is 21.3 Å². The zero-order chi connectivity index (χ0) is 51.7. The molecule has 7 rings (SSSR count). The third-order valence-corrected chi connectivity index (χ3v) is 13.7. The van der Waals surface area contributed by atoms with Crippen molar-refractivity contribution in [3.63, 3.8) is 0 Å². The molecule has 384 valence electrons. The van der Waals surface area contributed by atoms with Gasteiger partial charge in [0.2, 0.25) is 41.4 Å². The van der Waals surface area contributed by atoms with E-state index in [1.165, 1.54) is 14.0 Å². The van der Waals surface area contributed by atoms with Crippen molar-refractivity contribution in [1.29, 1.82) is 0 Å². The molecule has 6 N–H and O–H groups in total. The van der Waals surface area contributed by atoms with E-state index in [-0.39, 0.29) is 69.1 Å². The Morgan fingerprint density at radius 3 is 2.14 bits per heavy atom. The summed E-state index contributed by atoms with van der Waals surface area (Å²) in [6.07, 6.45) is 4.21. The molecular weight excluding hydrogens is 923 g/mol. The number of imidazole rings is 1. The Hall–Kier alpha value is -7.31. The van der Waals surface area contributed by atoms with E-state index in [9.17, 15) is 43.2 Å². The number of carbonyl (C=O) groups is 8. The second-order valence-corrected chi connectivity index (χ2v) is 20.1. The summed E-state index contributed by atoms with van der Waals surface area (Å²) in [5.41, 5.74) is 8.22. The van der Waals surface area contributed by atoms with Crippen molar-refractivity contribution in [2.24, 2.45) is 12.8 Å². The molecule has 4 heterocycles. The van der Waals surface area contributed by atoms with E-state index in [1.807, 2.05) is 78.9 Å². The van der Waals surface area contributed by atoms with E-state index in [1.54, 1.807) is 32.7 Å². The van der Waals surface area contributed by atoms with Gasteiger partial charge in [0, 0.05) is 38.9 Å². The maximum absolute atomic E-state index is 14.7. The molecule has 4 aromatic rings. The van der Waals surface area contributed by atoms with Crippen molar-refractivity contribution in [2.45, 2.75) is 146 Å². The molecule has 19 heteroatoms. The Labute approximate surface area is 418 Å². The second kappa shape index (κ2) is 23.3. The number of fused-ring (bicyclic) bond motifs is 2. The highest BCUT2D eigenvalue weighted by Gasteiger charge is 2.46. The first-order valence-corrected chi connectivity index (χ1v) is 25.0. The van der Waals surface area contributed by atoms with Gasteiger partial charge in [0.05, 0.1) is 23.6 Å². The predicted molar refractivity (Wildman–Crippen MR) is 267 cm³/mol. The van der Waals surface area contributed by atoms with Crippen molar-refractivity contribution in [1.82, 2.24) is 40.2 Å². The van der Waals surface area contributed by atoms with Gasteiger partial charge in [-0.15, -0.1) is 0 Å². The van der Waals surface area contributed by atoms with Gasteiger partial charge in [-0.25, -0.2) is 9.59 Å². The van der Waals surface area contributed by atoms with Crippen LogP contribution in [-0.4, -0.2) is 109 Å². The SMILES string of the molecule is Cn1c(=O)n(C2CCC(=O)NC2=O)c2cc(CCCCCCC(=O)N3CC[C@H]4CC[C@@H](C(=O)N[C@@H](CCC(N)=O)C(=O)NC(c5ccccc5)c5ccccc5)N4C(=O)[C@@H](NC(=O)OC(C)(C)C)C3)ccc21. The molecule has 0 aliphatic carbocycles. The molecule has 8 amide bonds. The first kappa shape index (κ1) is 52.5. The van der Waals surface area contributed by atoms with Crippen LogP contribution in [0.15, 0.2) is 83.7 Å². The van der Waals surface area contributed by atoms with E-state index in [0.717, 1.165) is 36.0 Å². The molecule has 72 heavy (non-hydrogen) atoms. The summed E-state index contributed by atoms with van der Waals surface area (Å²) in [7, 11) is 1.66. The Morgan fingerprint density at radius 1 is 0.806 bits per heavy atom. The predicted octanol–water partition coefficient (Wildman–Crippen LogP) is 3.95. The molecule has 3 fully saturated rings. The number of unbranched alkanes of at least 4 members (excludes halogenated alkanes) is 3. The van der Waals surface area contributed by atoms with Crippen LogP contribution in [0.3, 0.4) is 0 Å². The fourth-order valence-electron chi connectivity index (χ4n) is 10.0. The molecule has 0 spiro atoms. The Balaban J connectivity index is 0.983. The summed E-state index contributed by atoms with van der Waals surface area (Å²) in [6.45, 7) is 5.19. The van der Waals surface area contributed by atoms with Crippen molar-refractivity contribution in [3.05, 3.63) is 106 Å². The summed E-state index contributed by atoms with van der Waals surface area (Å²) >= 11 is 0. The lowest BCUT2D eigenvalue weighted by Gasteiger charge is -2.39. The summed E-state index contributed by atoms with van der Waals surface area (Å²) in [4.78, 5) is 123. The number of nitrogens with zero attached hydrogens (tertiary/aromatic N) is 4. The molecule has 1 unspecified atom stereocenters. The van der Waals surface area contributed by atoms with Gasteiger partial charge in [0.1, 0.15) is 29.8 Å². The topological polar surface area (TPSA) is 253 Å². The summed E-state index contributed by atoms with van der Waals surface area (Å²) in [5.74, 6) is -3.36. The fraction of sp³-hybridized carbons (Fsp3) is 0.491. The summed E-state index contributed by atoms with van der Waals surface area (Å²) < 4.78 is 8.51. The van der Waals surface area contributed by atoms with Gasteiger partial charge >= 0.3 is 11.8 Å². The zero-order valence-corrected chi connectivity index (χ0v) is 41.5. The van der Waals surface area contributed by atoms with Gasteiger partial charge in [-0.2, -0.15) is 0 Å². The largest absolute Gasteiger partial charge is 0.444 e. The normalized spacial score (nSPS) is 19.8. The molecule has 1 aromatic heterocycles. The molecule has 5 atom stereocenters. The number of aryl methyl sites for hydroxylation is 2. The van der Waals surface area contributed by atoms with Crippen LogP contribution in [0.4, 0.5) is 4.79 Å². The number of piperidine rings is 1. The zero-order valence-electron chi connectivity index (χ0n) is 41.5. The van der Waals surface area contributed by atoms with E-state index in [4.69, 9.17) is 10.5 Å². The van der Waals surface area contributed by atoms with Crippen molar-refractivity contribution < 1.29 is 43.1 Å². The average Bonchev–Trinajstić information content (AvgIpc) is 3.87. The average molecular weight is 990 g/mol. The molecule has 0 radical (unpaired) electrons. The molecule has 3 saturated heterocycles. The highest BCUT2D eigenvalue weighted by molar-refractivity contribution is 6.00. The molecule has 19 nitrogen and oxygen atoms in total. The van der Waals surface area contributed by atoms with Crippen molar-refractivity contribution in [2.75, 3.05) is 13.1 Å². The third kappa shape index (κ3) is 13.0. The maximum Gasteiger partial charge on any atom is 0.408 e. The van der Waals surface area contributed by atoms with Gasteiger partial charge in [-0.3, -0.25) is 48.0 Å². The Bertz CT molecular complexity index is 2670. The lowest BCUT2D eigenvalue weighted by atomic mass is 9.98. The van der Waals surface area contributed by atoms with Crippen LogP contribution in [-0.2, 0) is 51.8 Å². The number of hydrogen-bond acceptors (Lipinski definition) is 10. The summed E-state index contributed by atoms with van der Waals surface area (Å²) in [6, 6.07) is 19.2. The van der Waals surface area contributed by atoms with Crippen LogP contribution in [0.25, 0.3) is 11.0 Å². The number of hydrogen-bond donors (Lipinski definition) is 5. The minimum atomic E-state index is -1.25. The van der Waals surface area contributed by atoms with Crippen LogP contribution in [0, 0.1) is 0 Å². The van der Waals surface area contributed by atoms with E-state index in [0.29, 0.717) is 36.7 Å². The number of imide groups is 1. The number of aromatic nitrogens is 2. The third-order valence-electron chi connectivity index (χ3n) is 13.7. The molecule has 0 saturated carbocycles. The number of nitrogens with two attached hydrogens (primary N) is 1. The monoisotopic (exact) mass is 990 g/mol. The molecule has 0 bridgehead atoms. The minimum absolute atomic E-state index is 0.0873. The van der Waals surface area contributed by atoms with Gasteiger partial charge in [-0.1, -0.05) is 79.6 Å². The van der Waals surface area contributed by atoms with Crippen LogP contribution in [0.1, 0.15) is 127 Å². The first-order valence-electron chi connectivity index (χ1n) is 25.0. The van der Waals surface area contributed by atoms with Crippen LogP contribution in [0.2, 0.25) is 0 Å². The van der Waals surface area contributed by atoms with Gasteiger partial charge in [0.15, 0.2) is 0 Å². The summed E-state index contributed by atoms with van der Waals surface area (Å²) in [5, 5.41) is 10.9. The fourth-order valence-corrected chi connectivity index (χ4v) is 10.0. The minimum Gasteiger partial charge on any atom is -0.444 e. The second-order valence-electron chi connectivity index (χ2n) is 20.1. The number of ether oxygens (including phenoxy) is 1. The number of primary amides is 1. The van der Waals surface area contributed by atoms with E-state index >= 15 is 0 Å². The lowest BCUT2D eigenvalue weighted by Crippen LogP contribution is -2.62. The number of benzene rings is 3. The lowest BCUT2D eigenvalue weighted by molar-refractivity contribution is -0.146. The van der Waals surface area contributed by atoms with Gasteiger partial charge in [0.25, 0.3) is 0 Å². The van der Waals surface area contributed by atoms with Gasteiger partial charge < -0.3 is 36.2 Å². The Kier molecular flexibility index (Phi) is 17.0.